The molecule has 3 aliphatic rings. The van der Waals surface area contributed by atoms with Crippen LogP contribution in [-0.4, -0.2) is 59.6 Å². The standard InChI is InChI=1S/C19H25N3O3/c1-13-17(23)22(15-5-6-15)19(20-13)9-11-21(12-10-19)18(24)14-3-7-16(25-2)8-4-14/h3-4,7-8,13,15,20H,5-6,9-12H2,1-2H3. The minimum atomic E-state index is -0.256. The summed E-state index contributed by atoms with van der Waals surface area (Å²) in [5.74, 6) is 1.02. The quantitative estimate of drug-likeness (QED) is 0.906. The van der Waals surface area contributed by atoms with E-state index in [0.717, 1.165) is 31.4 Å². The maximum Gasteiger partial charge on any atom is 0.253 e. The van der Waals surface area contributed by atoms with E-state index in [9.17, 15) is 9.59 Å². The fourth-order valence-electron chi connectivity index (χ4n) is 4.20. The van der Waals surface area contributed by atoms with Gasteiger partial charge in [0.2, 0.25) is 5.91 Å². The second kappa shape index (κ2) is 6.02. The van der Waals surface area contributed by atoms with Crippen LogP contribution in [-0.2, 0) is 4.79 Å². The number of carbonyl (C=O) groups excluding carboxylic acids is 2. The smallest absolute Gasteiger partial charge is 0.253 e. The number of nitrogens with one attached hydrogen (secondary N) is 1. The van der Waals surface area contributed by atoms with E-state index in [1.807, 2.05) is 36.1 Å². The first-order valence-electron chi connectivity index (χ1n) is 9.08. The first-order chi connectivity index (χ1) is 12.0. The van der Waals surface area contributed by atoms with Crippen LogP contribution in [0.4, 0.5) is 0 Å². The molecule has 0 radical (unpaired) electrons. The van der Waals surface area contributed by atoms with E-state index in [1.54, 1.807) is 7.11 Å². The zero-order valence-corrected chi connectivity index (χ0v) is 14.8. The summed E-state index contributed by atoms with van der Waals surface area (Å²) in [7, 11) is 1.61. The predicted molar refractivity (Wildman–Crippen MR) is 93.3 cm³/mol. The Morgan fingerprint density at radius 2 is 1.84 bits per heavy atom. The van der Waals surface area contributed by atoms with Gasteiger partial charge < -0.3 is 14.5 Å². The van der Waals surface area contributed by atoms with Crippen molar-refractivity contribution >= 4 is 11.8 Å². The lowest BCUT2D eigenvalue weighted by atomic mass is 9.95. The summed E-state index contributed by atoms with van der Waals surface area (Å²) in [5.41, 5.74) is 0.425. The van der Waals surface area contributed by atoms with Gasteiger partial charge in [0.1, 0.15) is 5.75 Å². The summed E-state index contributed by atoms with van der Waals surface area (Å²) in [6.45, 7) is 3.28. The average molecular weight is 343 g/mol. The Labute approximate surface area is 148 Å². The molecule has 1 spiro atoms. The van der Waals surface area contributed by atoms with Crippen LogP contribution in [0.2, 0.25) is 0 Å². The van der Waals surface area contributed by atoms with E-state index < -0.39 is 0 Å². The summed E-state index contributed by atoms with van der Waals surface area (Å²) in [4.78, 5) is 29.3. The maximum absolute atomic E-state index is 12.7. The Morgan fingerprint density at radius 1 is 1.20 bits per heavy atom. The minimum Gasteiger partial charge on any atom is -0.497 e. The van der Waals surface area contributed by atoms with Gasteiger partial charge in [-0.1, -0.05) is 0 Å². The van der Waals surface area contributed by atoms with Crippen LogP contribution in [0.25, 0.3) is 0 Å². The molecule has 0 bridgehead atoms. The van der Waals surface area contributed by atoms with Gasteiger partial charge in [0, 0.05) is 37.5 Å². The molecular formula is C19H25N3O3. The van der Waals surface area contributed by atoms with Gasteiger partial charge in [-0.05, 0) is 44.0 Å². The predicted octanol–water partition coefficient (Wildman–Crippen LogP) is 1.61. The zero-order chi connectivity index (χ0) is 17.6. The molecule has 134 valence electrons. The Balaban J connectivity index is 1.45. The first-order valence-corrected chi connectivity index (χ1v) is 9.08. The Morgan fingerprint density at radius 3 is 2.40 bits per heavy atom. The Hall–Kier alpha value is -2.08. The molecule has 1 aromatic rings. The molecule has 2 saturated heterocycles. The molecule has 2 heterocycles. The number of benzene rings is 1. The molecule has 2 amide bonds. The molecule has 1 saturated carbocycles. The van der Waals surface area contributed by atoms with Crippen LogP contribution >= 0.6 is 0 Å². The molecule has 1 N–H and O–H groups in total. The number of piperidine rings is 1. The van der Waals surface area contributed by atoms with Crippen LogP contribution in [0.5, 0.6) is 5.75 Å². The van der Waals surface area contributed by atoms with Crippen LogP contribution in [0.1, 0.15) is 43.0 Å². The van der Waals surface area contributed by atoms with Gasteiger partial charge in [-0.15, -0.1) is 0 Å². The molecule has 1 aromatic carbocycles. The lowest BCUT2D eigenvalue weighted by Crippen LogP contribution is -2.60. The van der Waals surface area contributed by atoms with Crippen molar-refractivity contribution in [3.63, 3.8) is 0 Å². The number of likely N-dealkylation sites (tertiary alicyclic amines) is 1. The fourth-order valence-corrected chi connectivity index (χ4v) is 4.20. The Kier molecular flexibility index (Phi) is 3.95. The van der Waals surface area contributed by atoms with Crippen LogP contribution in [0.3, 0.4) is 0 Å². The molecule has 6 nitrogen and oxygen atoms in total. The lowest BCUT2D eigenvalue weighted by molar-refractivity contribution is -0.133. The van der Waals surface area contributed by atoms with Crippen molar-refractivity contribution in [2.24, 2.45) is 0 Å². The van der Waals surface area contributed by atoms with Crippen molar-refractivity contribution in [3.8, 4) is 5.75 Å². The van der Waals surface area contributed by atoms with Crippen molar-refractivity contribution in [1.29, 1.82) is 0 Å². The molecule has 1 aliphatic carbocycles. The monoisotopic (exact) mass is 343 g/mol. The third kappa shape index (κ3) is 2.78. The van der Waals surface area contributed by atoms with Gasteiger partial charge in [-0.25, -0.2) is 0 Å². The normalized spacial score (nSPS) is 25.5. The van der Waals surface area contributed by atoms with E-state index in [0.29, 0.717) is 24.7 Å². The third-order valence-corrected chi connectivity index (χ3v) is 5.68. The summed E-state index contributed by atoms with van der Waals surface area (Å²) in [6.07, 6.45) is 3.80. The fraction of sp³-hybridized carbons (Fsp3) is 0.579. The minimum absolute atomic E-state index is 0.0489. The van der Waals surface area contributed by atoms with Crippen molar-refractivity contribution in [2.45, 2.75) is 50.4 Å². The molecule has 25 heavy (non-hydrogen) atoms. The molecule has 0 aromatic heterocycles. The van der Waals surface area contributed by atoms with E-state index in [-0.39, 0.29) is 23.5 Å². The average Bonchev–Trinajstić information content (AvgIpc) is 3.43. The number of methoxy groups -OCH3 is 1. The number of carbonyl (C=O) groups is 2. The zero-order valence-electron chi connectivity index (χ0n) is 14.8. The number of hydrogen-bond donors (Lipinski definition) is 1. The SMILES string of the molecule is COc1ccc(C(=O)N2CCC3(CC2)NC(C)C(=O)N3C2CC2)cc1. The summed E-state index contributed by atoms with van der Waals surface area (Å²) in [5, 5.41) is 3.53. The van der Waals surface area contributed by atoms with Crippen molar-refractivity contribution in [3.05, 3.63) is 29.8 Å². The van der Waals surface area contributed by atoms with Gasteiger partial charge in [0.25, 0.3) is 5.91 Å². The van der Waals surface area contributed by atoms with E-state index in [1.165, 1.54) is 0 Å². The number of amides is 2. The Bertz CT molecular complexity index is 676. The topological polar surface area (TPSA) is 61.9 Å². The number of ether oxygens (including phenoxy) is 1. The van der Waals surface area contributed by atoms with Crippen molar-refractivity contribution < 1.29 is 14.3 Å². The maximum atomic E-state index is 12.7. The number of hydrogen-bond acceptors (Lipinski definition) is 4. The van der Waals surface area contributed by atoms with Crippen LogP contribution in [0.15, 0.2) is 24.3 Å². The first kappa shape index (κ1) is 16.4. The van der Waals surface area contributed by atoms with E-state index >= 15 is 0 Å². The number of rotatable bonds is 3. The van der Waals surface area contributed by atoms with Gasteiger partial charge in [-0.3, -0.25) is 14.9 Å². The molecule has 3 fully saturated rings. The largest absolute Gasteiger partial charge is 0.497 e. The summed E-state index contributed by atoms with van der Waals surface area (Å²) in [6, 6.07) is 7.51. The van der Waals surface area contributed by atoms with E-state index in [2.05, 4.69) is 10.2 Å². The van der Waals surface area contributed by atoms with Crippen molar-refractivity contribution in [1.82, 2.24) is 15.1 Å². The molecule has 2 aliphatic heterocycles. The molecule has 1 unspecified atom stereocenters. The lowest BCUT2D eigenvalue weighted by Gasteiger charge is -2.45. The van der Waals surface area contributed by atoms with Gasteiger partial charge in [0.15, 0.2) is 0 Å². The van der Waals surface area contributed by atoms with Gasteiger partial charge in [-0.2, -0.15) is 0 Å². The van der Waals surface area contributed by atoms with Crippen molar-refractivity contribution in [2.75, 3.05) is 20.2 Å². The molecular weight excluding hydrogens is 318 g/mol. The third-order valence-electron chi connectivity index (χ3n) is 5.68. The molecule has 1 atom stereocenters. The highest BCUT2D eigenvalue weighted by Gasteiger charge is 2.54. The summed E-state index contributed by atoms with van der Waals surface area (Å²) < 4.78 is 5.15. The second-order valence-electron chi connectivity index (χ2n) is 7.36. The van der Waals surface area contributed by atoms with Crippen LogP contribution < -0.4 is 10.1 Å². The second-order valence-corrected chi connectivity index (χ2v) is 7.36. The van der Waals surface area contributed by atoms with Gasteiger partial charge >= 0.3 is 0 Å². The highest BCUT2D eigenvalue weighted by molar-refractivity contribution is 5.94. The van der Waals surface area contributed by atoms with E-state index in [4.69, 9.17) is 4.74 Å². The molecule has 4 rings (SSSR count). The molecule has 6 heteroatoms. The van der Waals surface area contributed by atoms with Crippen LogP contribution in [0, 0.1) is 0 Å². The highest BCUT2D eigenvalue weighted by atomic mass is 16.5. The highest BCUT2D eigenvalue weighted by Crippen LogP contribution is 2.41. The van der Waals surface area contributed by atoms with Gasteiger partial charge in [0.05, 0.1) is 18.8 Å². The number of nitrogens with zero attached hydrogens (tertiary/aromatic N) is 2. The summed E-state index contributed by atoms with van der Waals surface area (Å²) >= 11 is 0.